The Morgan fingerprint density at radius 1 is 0.524 bits per heavy atom. The molecule has 0 radical (unpaired) electrons. The average Bonchev–Trinajstić information content (AvgIpc) is 2.53. The maximum Gasteiger partial charge on any atom is 0.132 e. The molecule has 2 aromatic carbocycles. The summed E-state index contributed by atoms with van der Waals surface area (Å²) in [5.74, 6) is 0.481. The van der Waals surface area contributed by atoms with Crippen LogP contribution in [0.5, 0.6) is 0 Å². The minimum Gasteiger partial charge on any atom is -0.300 e. The van der Waals surface area contributed by atoms with E-state index in [-0.39, 0.29) is 0 Å². The maximum absolute atomic E-state index is 10.8. The molecule has 0 saturated heterocycles. The molecule has 0 aromatic heterocycles. The average molecular weight is 280 g/mol. The van der Waals surface area contributed by atoms with Gasteiger partial charge in [0.2, 0.25) is 0 Å². The van der Waals surface area contributed by atoms with Gasteiger partial charge in [-0.05, 0) is 24.0 Å². The molecule has 1 aliphatic carbocycles. The van der Waals surface area contributed by atoms with Gasteiger partial charge in [-0.25, -0.2) is 0 Å². The highest BCUT2D eigenvalue weighted by Crippen LogP contribution is 2.17. The Kier molecular flexibility index (Phi) is 6.73. The zero-order valence-electron chi connectivity index (χ0n) is 12.6. The molecular weight excluding hydrogens is 256 g/mol. The summed E-state index contributed by atoms with van der Waals surface area (Å²) in [6, 6.07) is 20.8. The topological polar surface area (TPSA) is 17.1 Å². The molecular formula is C20H24O. The molecule has 0 spiro atoms. The summed E-state index contributed by atoms with van der Waals surface area (Å²) in [6.45, 7) is 0. The van der Waals surface area contributed by atoms with Gasteiger partial charge in [0.05, 0.1) is 0 Å². The van der Waals surface area contributed by atoms with Gasteiger partial charge in [0, 0.05) is 12.8 Å². The second-order valence-corrected chi connectivity index (χ2v) is 5.54. The lowest BCUT2D eigenvalue weighted by molar-refractivity contribution is -0.119. The number of carbonyl (C=O) groups excluding carboxylic acids is 1. The first kappa shape index (κ1) is 15.5. The van der Waals surface area contributed by atoms with Crippen molar-refractivity contribution in [3.05, 3.63) is 60.7 Å². The quantitative estimate of drug-likeness (QED) is 0.659. The molecule has 110 valence electrons. The van der Waals surface area contributed by atoms with E-state index in [1.165, 1.54) is 30.4 Å². The number of hydrogen-bond acceptors (Lipinski definition) is 1. The van der Waals surface area contributed by atoms with Crippen molar-refractivity contribution in [3.8, 4) is 11.1 Å². The minimum atomic E-state index is 0.481. The summed E-state index contributed by atoms with van der Waals surface area (Å²) in [7, 11) is 0. The van der Waals surface area contributed by atoms with Crippen molar-refractivity contribution in [2.24, 2.45) is 0 Å². The lowest BCUT2D eigenvalue weighted by atomic mass is 10.0. The van der Waals surface area contributed by atoms with Crippen molar-refractivity contribution in [1.29, 1.82) is 0 Å². The first-order chi connectivity index (χ1) is 10.4. The summed E-state index contributed by atoms with van der Waals surface area (Å²) in [5, 5.41) is 0. The van der Waals surface area contributed by atoms with Crippen LogP contribution in [0.2, 0.25) is 0 Å². The fourth-order valence-electron chi connectivity index (χ4n) is 2.56. The predicted octanol–water partition coefficient (Wildman–Crippen LogP) is 5.65. The molecule has 0 atom stereocenters. The van der Waals surface area contributed by atoms with E-state index in [1.807, 2.05) is 12.1 Å². The predicted molar refractivity (Wildman–Crippen MR) is 89.2 cm³/mol. The fourth-order valence-corrected chi connectivity index (χ4v) is 2.56. The Morgan fingerprint density at radius 2 is 0.905 bits per heavy atom. The van der Waals surface area contributed by atoms with Crippen LogP contribution in [0.3, 0.4) is 0 Å². The second kappa shape index (κ2) is 9.12. The second-order valence-electron chi connectivity index (χ2n) is 5.54. The standard InChI is InChI=1S/C12H10.C8H14O/c1-3-7-11(8-4-1)12-9-5-2-6-10-12;9-8-6-4-2-1-3-5-7-8/h1-10H;1-7H2. The van der Waals surface area contributed by atoms with Gasteiger partial charge in [-0.3, -0.25) is 4.79 Å². The van der Waals surface area contributed by atoms with Crippen LogP contribution in [0, 0.1) is 0 Å². The molecule has 0 unspecified atom stereocenters. The normalized spacial score (nSPS) is 15.3. The monoisotopic (exact) mass is 280 g/mol. The highest BCUT2D eigenvalue weighted by Gasteiger charge is 2.04. The van der Waals surface area contributed by atoms with Crippen LogP contribution in [-0.4, -0.2) is 5.78 Å². The van der Waals surface area contributed by atoms with Crippen LogP contribution in [0.25, 0.3) is 11.1 Å². The molecule has 1 fully saturated rings. The maximum atomic E-state index is 10.8. The zero-order chi connectivity index (χ0) is 14.8. The fraction of sp³-hybridized carbons (Fsp3) is 0.350. The Bertz CT molecular complexity index is 469. The van der Waals surface area contributed by atoms with Crippen molar-refractivity contribution < 1.29 is 4.79 Å². The molecule has 0 aliphatic heterocycles. The van der Waals surface area contributed by atoms with Gasteiger partial charge >= 0.3 is 0 Å². The number of Topliss-reactive ketones (excluding diaryl/α,β-unsaturated/α-hetero) is 1. The summed E-state index contributed by atoms with van der Waals surface area (Å²) in [6.07, 6.45) is 7.85. The van der Waals surface area contributed by atoms with Crippen LogP contribution < -0.4 is 0 Å². The van der Waals surface area contributed by atoms with Crippen molar-refractivity contribution in [2.75, 3.05) is 0 Å². The van der Waals surface area contributed by atoms with Gasteiger partial charge < -0.3 is 0 Å². The lowest BCUT2D eigenvalue weighted by Gasteiger charge is -2.05. The molecule has 1 saturated carbocycles. The largest absolute Gasteiger partial charge is 0.300 e. The highest BCUT2D eigenvalue weighted by atomic mass is 16.1. The lowest BCUT2D eigenvalue weighted by Crippen LogP contribution is -2.00. The Labute approximate surface area is 128 Å². The minimum absolute atomic E-state index is 0.481. The van der Waals surface area contributed by atoms with E-state index in [4.69, 9.17) is 0 Å². The zero-order valence-corrected chi connectivity index (χ0v) is 12.6. The van der Waals surface area contributed by atoms with Crippen LogP contribution >= 0.6 is 0 Å². The van der Waals surface area contributed by atoms with Crippen molar-refractivity contribution in [2.45, 2.75) is 44.9 Å². The Balaban J connectivity index is 0.000000161. The number of rotatable bonds is 1. The molecule has 1 nitrogen and oxygen atoms in total. The molecule has 0 heterocycles. The summed E-state index contributed by atoms with van der Waals surface area (Å²) < 4.78 is 0. The van der Waals surface area contributed by atoms with Crippen LogP contribution in [-0.2, 0) is 4.79 Å². The molecule has 3 rings (SSSR count). The highest BCUT2D eigenvalue weighted by molar-refractivity contribution is 5.78. The van der Waals surface area contributed by atoms with Crippen molar-refractivity contribution in [3.63, 3.8) is 0 Å². The van der Waals surface area contributed by atoms with E-state index in [9.17, 15) is 4.79 Å². The van der Waals surface area contributed by atoms with Crippen molar-refractivity contribution >= 4 is 5.78 Å². The molecule has 2 aromatic rings. The van der Waals surface area contributed by atoms with Crippen LogP contribution in [0.1, 0.15) is 44.9 Å². The van der Waals surface area contributed by atoms with Crippen LogP contribution in [0.4, 0.5) is 0 Å². The first-order valence-corrected chi connectivity index (χ1v) is 7.98. The molecule has 1 heteroatoms. The SMILES string of the molecule is O=C1CCCCCCC1.c1ccc(-c2ccccc2)cc1. The van der Waals surface area contributed by atoms with E-state index in [1.54, 1.807) is 0 Å². The van der Waals surface area contributed by atoms with Gasteiger partial charge in [0.1, 0.15) is 5.78 Å². The number of ketones is 1. The number of benzene rings is 2. The third kappa shape index (κ3) is 5.95. The first-order valence-electron chi connectivity index (χ1n) is 7.98. The van der Waals surface area contributed by atoms with Gasteiger partial charge in [-0.2, -0.15) is 0 Å². The van der Waals surface area contributed by atoms with Gasteiger partial charge in [0.15, 0.2) is 0 Å². The molecule has 0 bridgehead atoms. The van der Waals surface area contributed by atoms with Gasteiger partial charge in [0.25, 0.3) is 0 Å². The van der Waals surface area contributed by atoms with Gasteiger partial charge in [-0.1, -0.05) is 79.9 Å². The number of hydrogen-bond donors (Lipinski definition) is 0. The van der Waals surface area contributed by atoms with E-state index in [0.29, 0.717) is 5.78 Å². The molecule has 0 amide bonds. The van der Waals surface area contributed by atoms with Crippen LogP contribution in [0.15, 0.2) is 60.7 Å². The van der Waals surface area contributed by atoms with E-state index < -0.39 is 0 Å². The van der Waals surface area contributed by atoms with E-state index in [0.717, 1.165) is 25.7 Å². The summed E-state index contributed by atoms with van der Waals surface area (Å²) >= 11 is 0. The molecule has 0 N–H and O–H groups in total. The third-order valence-electron chi connectivity index (χ3n) is 3.79. The van der Waals surface area contributed by atoms with E-state index >= 15 is 0 Å². The number of carbonyl (C=O) groups is 1. The van der Waals surface area contributed by atoms with E-state index in [2.05, 4.69) is 48.5 Å². The molecule has 1 aliphatic rings. The summed E-state index contributed by atoms with van der Waals surface area (Å²) in [5.41, 5.74) is 2.55. The third-order valence-corrected chi connectivity index (χ3v) is 3.79. The summed E-state index contributed by atoms with van der Waals surface area (Å²) in [4.78, 5) is 10.8. The van der Waals surface area contributed by atoms with Gasteiger partial charge in [-0.15, -0.1) is 0 Å². The smallest absolute Gasteiger partial charge is 0.132 e. The Morgan fingerprint density at radius 3 is 1.33 bits per heavy atom. The Hall–Kier alpha value is -1.89. The van der Waals surface area contributed by atoms with Crippen molar-refractivity contribution in [1.82, 2.24) is 0 Å². The molecule has 21 heavy (non-hydrogen) atoms.